The molecule has 0 spiro atoms. The van der Waals surface area contributed by atoms with E-state index >= 15 is 0 Å². The van der Waals surface area contributed by atoms with Crippen molar-refractivity contribution in [2.45, 2.75) is 64.1 Å². The summed E-state index contributed by atoms with van der Waals surface area (Å²) in [5, 5.41) is 1.05. The average molecular weight is 357 g/mol. The van der Waals surface area contributed by atoms with E-state index in [2.05, 4.69) is 19.9 Å². The first kappa shape index (κ1) is 17.1. The number of anilines is 1. The van der Waals surface area contributed by atoms with Gasteiger partial charge in [-0.15, -0.1) is 0 Å². The van der Waals surface area contributed by atoms with Crippen LogP contribution in [0.1, 0.15) is 46.5 Å². The maximum Gasteiger partial charge on any atom is 0.410 e. The molecule has 4 rings (SSSR count). The lowest BCUT2D eigenvalue weighted by atomic mass is 10.0. The highest BCUT2D eigenvalue weighted by atomic mass is 16.6. The molecule has 7 nitrogen and oxygen atoms in total. The third-order valence-electron chi connectivity index (χ3n) is 5.29. The SMILES string of the molecule is CC(C)(C)OC(=O)N1CCC2C1CCCCN2c1ncnc2[nH]ccc12. The Hall–Kier alpha value is -2.31. The molecule has 1 amide bonds. The molecule has 26 heavy (non-hydrogen) atoms. The first-order valence-electron chi connectivity index (χ1n) is 9.48. The zero-order valence-electron chi connectivity index (χ0n) is 15.7. The molecule has 2 atom stereocenters. The van der Waals surface area contributed by atoms with Gasteiger partial charge in [0.25, 0.3) is 0 Å². The smallest absolute Gasteiger partial charge is 0.410 e. The van der Waals surface area contributed by atoms with Crippen LogP contribution in [0.3, 0.4) is 0 Å². The van der Waals surface area contributed by atoms with E-state index in [1.165, 1.54) is 0 Å². The van der Waals surface area contributed by atoms with Gasteiger partial charge >= 0.3 is 6.09 Å². The number of carbonyl (C=O) groups excluding carboxylic acids is 1. The zero-order chi connectivity index (χ0) is 18.3. The number of nitrogens with one attached hydrogen (secondary N) is 1. The summed E-state index contributed by atoms with van der Waals surface area (Å²) in [5.74, 6) is 0.971. The fourth-order valence-corrected chi connectivity index (χ4v) is 4.25. The fraction of sp³-hybridized carbons (Fsp3) is 0.632. The molecule has 2 aromatic rings. The molecule has 2 unspecified atom stereocenters. The summed E-state index contributed by atoms with van der Waals surface area (Å²) in [4.78, 5) is 29.1. The van der Waals surface area contributed by atoms with E-state index < -0.39 is 5.60 Å². The molecule has 0 aliphatic carbocycles. The highest BCUT2D eigenvalue weighted by molar-refractivity contribution is 5.87. The monoisotopic (exact) mass is 357 g/mol. The molecule has 140 valence electrons. The average Bonchev–Trinajstić information content (AvgIpc) is 3.16. The van der Waals surface area contributed by atoms with Crippen molar-refractivity contribution in [1.29, 1.82) is 0 Å². The molecule has 2 aliphatic rings. The molecule has 2 aromatic heterocycles. The van der Waals surface area contributed by atoms with Gasteiger partial charge in [-0.1, -0.05) is 0 Å². The van der Waals surface area contributed by atoms with E-state index in [0.29, 0.717) is 0 Å². The third-order valence-corrected chi connectivity index (χ3v) is 5.29. The van der Waals surface area contributed by atoms with Gasteiger partial charge in [0.05, 0.1) is 17.5 Å². The van der Waals surface area contributed by atoms with Crippen molar-refractivity contribution in [2.75, 3.05) is 18.0 Å². The zero-order valence-corrected chi connectivity index (χ0v) is 15.7. The number of hydrogen-bond donors (Lipinski definition) is 1. The van der Waals surface area contributed by atoms with Crippen molar-refractivity contribution in [3.8, 4) is 0 Å². The minimum atomic E-state index is -0.469. The van der Waals surface area contributed by atoms with Crippen LogP contribution in [0.15, 0.2) is 18.6 Å². The summed E-state index contributed by atoms with van der Waals surface area (Å²) >= 11 is 0. The molecular weight excluding hydrogens is 330 g/mol. The molecule has 0 saturated carbocycles. The van der Waals surface area contributed by atoms with Crippen LogP contribution < -0.4 is 4.90 Å². The number of hydrogen-bond acceptors (Lipinski definition) is 5. The lowest BCUT2D eigenvalue weighted by Crippen LogP contribution is -2.47. The summed E-state index contributed by atoms with van der Waals surface area (Å²) in [5.41, 5.74) is 0.390. The van der Waals surface area contributed by atoms with Crippen molar-refractivity contribution < 1.29 is 9.53 Å². The summed E-state index contributed by atoms with van der Waals surface area (Å²) in [6, 6.07) is 2.49. The van der Waals surface area contributed by atoms with Crippen LogP contribution in [0, 0.1) is 0 Å². The largest absolute Gasteiger partial charge is 0.444 e. The van der Waals surface area contributed by atoms with Gasteiger partial charge in [0.15, 0.2) is 0 Å². The number of aromatic nitrogens is 3. The molecule has 4 heterocycles. The van der Waals surface area contributed by atoms with E-state index in [-0.39, 0.29) is 18.2 Å². The maximum absolute atomic E-state index is 12.7. The van der Waals surface area contributed by atoms with Crippen LogP contribution in [0.25, 0.3) is 11.0 Å². The van der Waals surface area contributed by atoms with Gasteiger partial charge in [-0.25, -0.2) is 14.8 Å². The van der Waals surface area contributed by atoms with Gasteiger partial charge in [-0.05, 0) is 52.5 Å². The van der Waals surface area contributed by atoms with E-state index in [1.807, 2.05) is 37.9 Å². The Balaban J connectivity index is 1.63. The molecule has 2 aliphatic heterocycles. The van der Waals surface area contributed by atoms with Crippen molar-refractivity contribution in [2.24, 2.45) is 0 Å². The van der Waals surface area contributed by atoms with Crippen LogP contribution in [-0.4, -0.2) is 56.7 Å². The van der Waals surface area contributed by atoms with Gasteiger partial charge in [-0.3, -0.25) is 0 Å². The molecular formula is C19H27N5O2. The van der Waals surface area contributed by atoms with Crippen molar-refractivity contribution in [3.63, 3.8) is 0 Å². The number of rotatable bonds is 1. The summed E-state index contributed by atoms with van der Waals surface area (Å²) in [7, 11) is 0. The quantitative estimate of drug-likeness (QED) is 0.847. The Bertz CT molecular complexity index is 797. The number of nitrogens with zero attached hydrogens (tertiary/aromatic N) is 4. The summed E-state index contributed by atoms with van der Waals surface area (Å²) < 4.78 is 5.65. The molecule has 0 bridgehead atoms. The highest BCUT2D eigenvalue weighted by Gasteiger charge is 2.43. The molecule has 2 fully saturated rings. The Kier molecular flexibility index (Phi) is 4.25. The summed E-state index contributed by atoms with van der Waals surface area (Å²) in [6.45, 7) is 7.45. The predicted molar refractivity (Wildman–Crippen MR) is 100 cm³/mol. The van der Waals surface area contributed by atoms with Gasteiger partial charge in [0, 0.05) is 19.3 Å². The minimum absolute atomic E-state index is 0.177. The lowest BCUT2D eigenvalue weighted by molar-refractivity contribution is 0.0215. The Labute approximate surface area is 153 Å². The van der Waals surface area contributed by atoms with Gasteiger partial charge in [-0.2, -0.15) is 0 Å². The molecule has 0 aromatic carbocycles. The fourth-order valence-electron chi connectivity index (χ4n) is 4.25. The number of likely N-dealkylation sites (tertiary alicyclic amines) is 1. The molecule has 2 saturated heterocycles. The Morgan fingerprint density at radius 3 is 2.85 bits per heavy atom. The van der Waals surface area contributed by atoms with E-state index in [4.69, 9.17) is 4.74 Å². The third kappa shape index (κ3) is 3.10. The van der Waals surface area contributed by atoms with Crippen molar-refractivity contribution in [3.05, 3.63) is 18.6 Å². The molecule has 0 radical (unpaired) electrons. The van der Waals surface area contributed by atoms with Gasteiger partial charge in [0.1, 0.15) is 23.4 Å². The number of H-pyrrole nitrogens is 1. The Morgan fingerprint density at radius 1 is 1.19 bits per heavy atom. The van der Waals surface area contributed by atoms with Crippen LogP contribution in [0.5, 0.6) is 0 Å². The highest BCUT2D eigenvalue weighted by Crippen LogP contribution is 2.35. The molecule has 1 N–H and O–H groups in total. The van der Waals surface area contributed by atoms with Gasteiger partial charge in [0.2, 0.25) is 0 Å². The second-order valence-electron chi connectivity index (χ2n) is 8.22. The van der Waals surface area contributed by atoms with E-state index in [0.717, 1.165) is 55.6 Å². The van der Waals surface area contributed by atoms with E-state index in [1.54, 1.807) is 6.33 Å². The van der Waals surface area contributed by atoms with Crippen LogP contribution in [0.4, 0.5) is 10.6 Å². The Morgan fingerprint density at radius 2 is 2.04 bits per heavy atom. The lowest BCUT2D eigenvalue weighted by Gasteiger charge is -2.34. The number of carbonyl (C=O) groups is 1. The van der Waals surface area contributed by atoms with Crippen LogP contribution in [0.2, 0.25) is 0 Å². The van der Waals surface area contributed by atoms with E-state index in [9.17, 15) is 4.79 Å². The maximum atomic E-state index is 12.7. The normalized spacial score (nSPS) is 23.8. The second-order valence-corrected chi connectivity index (χ2v) is 8.22. The number of amides is 1. The van der Waals surface area contributed by atoms with Crippen LogP contribution >= 0.6 is 0 Å². The number of aromatic amines is 1. The molecule has 7 heteroatoms. The second kappa shape index (κ2) is 6.45. The van der Waals surface area contributed by atoms with Gasteiger partial charge < -0.3 is 19.5 Å². The standard InChI is InChI=1S/C19H27N5O2/c1-19(2,3)26-18(25)24-11-8-15-14(24)6-4-5-10-23(15)17-13-7-9-20-16(13)21-12-22-17/h7,9,12,14-15H,4-6,8,10-11H2,1-3H3,(H,20,21,22). The number of ether oxygens (including phenoxy) is 1. The topological polar surface area (TPSA) is 74.3 Å². The summed E-state index contributed by atoms with van der Waals surface area (Å²) in [6.07, 6.45) is 7.50. The minimum Gasteiger partial charge on any atom is -0.444 e. The first-order chi connectivity index (χ1) is 12.4. The first-order valence-corrected chi connectivity index (χ1v) is 9.48. The van der Waals surface area contributed by atoms with Crippen LogP contribution in [-0.2, 0) is 4.74 Å². The predicted octanol–water partition coefficient (Wildman–Crippen LogP) is 3.33. The van der Waals surface area contributed by atoms with Crippen molar-refractivity contribution >= 4 is 22.9 Å². The number of fused-ring (bicyclic) bond motifs is 2. The van der Waals surface area contributed by atoms with Crippen molar-refractivity contribution in [1.82, 2.24) is 19.9 Å².